The van der Waals surface area contributed by atoms with E-state index in [9.17, 15) is 0 Å². The van der Waals surface area contributed by atoms with Crippen molar-refractivity contribution in [2.45, 2.75) is 0 Å². The molecule has 1 aliphatic rings. The van der Waals surface area contributed by atoms with Gasteiger partial charge < -0.3 is 23.7 Å². The van der Waals surface area contributed by atoms with E-state index in [-0.39, 0.29) is 21.1 Å². The molecule has 0 fully saturated rings. The van der Waals surface area contributed by atoms with Crippen LogP contribution in [0.15, 0.2) is 182 Å². The summed E-state index contributed by atoms with van der Waals surface area (Å²) < 4.78 is 11.1. The molecule has 0 aliphatic carbocycles. The van der Waals surface area contributed by atoms with Crippen LogP contribution < -0.4 is 9.64 Å². The maximum absolute atomic E-state index is 6.57. The number of anilines is 1. The Morgan fingerprint density at radius 1 is 0.534 bits per heavy atom. The van der Waals surface area contributed by atoms with Crippen molar-refractivity contribution in [3.63, 3.8) is 0 Å². The predicted octanol–water partition coefficient (Wildman–Crippen LogP) is 12.2. The molecule has 0 atom stereocenters. The van der Waals surface area contributed by atoms with Crippen molar-refractivity contribution in [2.75, 3.05) is 11.9 Å². The quantitative estimate of drug-likeness (QED) is 0.149. The Hall–Kier alpha value is -6.88. The first-order valence-corrected chi connectivity index (χ1v) is 19.0. The molecule has 7 aromatic carbocycles. The Bertz CT molecular complexity index is 3150. The average molecular weight is 928 g/mol. The van der Waals surface area contributed by atoms with Gasteiger partial charge in [0.2, 0.25) is 0 Å². The number of hydrogen-bond donors (Lipinski definition) is 0. The summed E-state index contributed by atoms with van der Waals surface area (Å²) in [6, 6.07) is 66.1. The number of rotatable bonds is 7. The molecule has 0 N–H and O–H groups in total. The van der Waals surface area contributed by atoms with E-state index < -0.39 is 0 Å². The monoisotopic (exact) mass is 927 g/mol. The molecule has 0 saturated carbocycles. The van der Waals surface area contributed by atoms with Gasteiger partial charge in [0, 0.05) is 72.5 Å². The standard InChI is InChI=1S/C51H34N5O.Pt/c1-53-34-54(33-50(53)36-16-7-3-8-17-36)39-20-13-21-40(29-39)57-41-25-26-43-44-28-37(35-14-5-2-6-15-35)24-27-47(44)56(48(43)30-41)51-31-49-45(32-52-51)42-22-11-12-23-46(42)55(49)38-18-9-4-10-19-38;/h2-28,31-34H,1H3;/q-3;. The summed E-state index contributed by atoms with van der Waals surface area (Å²) in [6.07, 6.45) is 4.13. The van der Waals surface area contributed by atoms with E-state index in [1.165, 1.54) is 5.56 Å². The first-order chi connectivity index (χ1) is 28.2. The second kappa shape index (κ2) is 14.6. The van der Waals surface area contributed by atoms with Gasteiger partial charge in [-0.3, -0.25) is 0 Å². The van der Waals surface area contributed by atoms with Gasteiger partial charge in [-0.05, 0) is 59.6 Å². The number of nitrogens with zero attached hydrogens (tertiary/aromatic N) is 5. The summed E-state index contributed by atoms with van der Waals surface area (Å²) in [6.45, 7) is 2.05. The second-order valence-corrected chi connectivity index (χ2v) is 14.3. The van der Waals surface area contributed by atoms with Crippen LogP contribution in [0.25, 0.3) is 71.9 Å². The number of para-hydroxylation sites is 2. The van der Waals surface area contributed by atoms with Crippen LogP contribution in [-0.4, -0.2) is 26.1 Å². The van der Waals surface area contributed by atoms with Gasteiger partial charge in [-0.1, -0.05) is 115 Å². The molecule has 0 unspecified atom stereocenters. The van der Waals surface area contributed by atoms with Gasteiger partial charge in [-0.15, -0.1) is 41.4 Å². The fourth-order valence-electron chi connectivity index (χ4n) is 8.15. The van der Waals surface area contributed by atoms with E-state index in [0.717, 1.165) is 77.6 Å². The largest absolute Gasteiger partial charge is 0.509 e. The van der Waals surface area contributed by atoms with Crippen molar-refractivity contribution in [1.82, 2.24) is 19.0 Å². The number of fused-ring (bicyclic) bond motifs is 6. The molecule has 58 heavy (non-hydrogen) atoms. The van der Waals surface area contributed by atoms with Crippen LogP contribution in [0.5, 0.6) is 11.5 Å². The molecule has 0 saturated heterocycles. The van der Waals surface area contributed by atoms with Crippen LogP contribution in [0.4, 0.5) is 5.69 Å². The summed E-state index contributed by atoms with van der Waals surface area (Å²) in [5, 5.41) is 4.44. The van der Waals surface area contributed by atoms with Gasteiger partial charge in [0.1, 0.15) is 5.82 Å². The molecule has 0 radical (unpaired) electrons. The van der Waals surface area contributed by atoms with E-state index >= 15 is 0 Å². The zero-order valence-corrected chi connectivity index (χ0v) is 33.6. The van der Waals surface area contributed by atoms with E-state index in [0.29, 0.717) is 11.5 Å². The van der Waals surface area contributed by atoms with Crippen LogP contribution >= 0.6 is 0 Å². The Morgan fingerprint density at radius 2 is 1.24 bits per heavy atom. The molecule has 7 heteroatoms. The second-order valence-electron chi connectivity index (χ2n) is 14.3. The maximum Gasteiger partial charge on any atom is 0.137 e. The molecule has 11 rings (SSSR count). The normalized spacial score (nSPS) is 12.7. The van der Waals surface area contributed by atoms with Gasteiger partial charge in [-0.2, -0.15) is 18.8 Å². The molecule has 0 spiro atoms. The van der Waals surface area contributed by atoms with E-state index in [1.54, 1.807) is 0 Å². The Kier molecular flexibility index (Phi) is 8.92. The van der Waals surface area contributed by atoms with Crippen LogP contribution in [0.2, 0.25) is 0 Å². The Balaban J connectivity index is 0.00000408. The zero-order valence-electron chi connectivity index (χ0n) is 31.4. The minimum Gasteiger partial charge on any atom is -0.509 e. The van der Waals surface area contributed by atoms with Gasteiger partial charge in [0.05, 0.1) is 11.0 Å². The summed E-state index contributed by atoms with van der Waals surface area (Å²) >= 11 is 0. The number of hydrogen-bond acceptors (Lipinski definition) is 4. The van der Waals surface area contributed by atoms with Crippen molar-refractivity contribution < 1.29 is 25.8 Å². The minimum absolute atomic E-state index is 0. The fraction of sp³-hybridized carbons (Fsp3) is 0.0196. The molecule has 282 valence electrons. The number of aromatic nitrogens is 3. The Morgan fingerprint density at radius 3 is 2.05 bits per heavy atom. The third-order valence-corrected chi connectivity index (χ3v) is 10.8. The third kappa shape index (κ3) is 6.05. The molecular formula is C51H34N5OPt-3. The topological polar surface area (TPSA) is 38.5 Å². The van der Waals surface area contributed by atoms with Crippen LogP contribution in [-0.2, 0) is 21.1 Å². The zero-order chi connectivity index (χ0) is 37.9. The summed E-state index contributed by atoms with van der Waals surface area (Å²) in [7, 11) is 2.05. The van der Waals surface area contributed by atoms with Crippen LogP contribution in [0.1, 0.15) is 5.56 Å². The molecule has 0 amide bonds. The van der Waals surface area contributed by atoms with Crippen LogP contribution in [0, 0.1) is 18.8 Å². The van der Waals surface area contributed by atoms with Crippen molar-refractivity contribution >= 4 is 55.0 Å². The molecule has 4 heterocycles. The van der Waals surface area contributed by atoms with Gasteiger partial charge in [-0.25, -0.2) is 4.98 Å². The van der Waals surface area contributed by atoms with Gasteiger partial charge in [0.15, 0.2) is 0 Å². The Labute approximate surface area is 350 Å². The summed E-state index contributed by atoms with van der Waals surface area (Å²) in [5.74, 6) is 1.99. The molecule has 1 aliphatic heterocycles. The number of pyridine rings is 1. The van der Waals surface area contributed by atoms with Gasteiger partial charge in [0.25, 0.3) is 0 Å². The first-order valence-electron chi connectivity index (χ1n) is 19.0. The first kappa shape index (κ1) is 35.5. The fourth-order valence-corrected chi connectivity index (χ4v) is 8.15. The summed E-state index contributed by atoms with van der Waals surface area (Å²) in [4.78, 5) is 9.34. The molecular weight excluding hydrogens is 894 g/mol. The van der Waals surface area contributed by atoms with Crippen molar-refractivity contribution in [2.24, 2.45) is 0 Å². The smallest absolute Gasteiger partial charge is 0.137 e. The summed E-state index contributed by atoms with van der Waals surface area (Å²) in [5.41, 5.74) is 10.7. The SMILES string of the molecule is CN1[CH-]N(c2[c-]c(Oc3[c-]c4c(cc3)c3cc(-c5ccccc5)ccc3n4-c3cc4c(cn3)c3ccccc3n4-c3ccccc3)ccc2)C=C1c1ccccc1.[Pt]. The van der Waals surface area contributed by atoms with Crippen molar-refractivity contribution in [3.8, 4) is 34.1 Å². The van der Waals surface area contributed by atoms with Crippen molar-refractivity contribution in [1.29, 1.82) is 0 Å². The molecule has 6 nitrogen and oxygen atoms in total. The minimum atomic E-state index is 0. The van der Waals surface area contributed by atoms with Crippen LogP contribution in [0.3, 0.4) is 0 Å². The molecule has 3 aromatic heterocycles. The molecule has 10 aromatic rings. The average Bonchev–Trinajstić information content (AvgIpc) is 3.93. The van der Waals surface area contributed by atoms with Crippen molar-refractivity contribution in [3.05, 3.63) is 207 Å². The number of benzene rings is 7. The number of ether oxygens (including phenoxy) is 1. The van der Waals surface area contributed by atoms with E-state index in [1.807, 2.05) is 36.5 Å². The third-order valence-electron chi connectivity index (χ3n) is 10.8. The van der Waals surface area contributed by atoms with E-state index in [4.69, 9.17) is 9.72 Å². The van der Waals surface area contributed by atoms with E-state index in [2.05, 4.69) is 191 Å². The predicted molar refractivity (Wildman–Crippen MR) is 231 cm³/mol. The molecule has 0 bridgehead atoms. The maximum atomic E-state index is 6.57. The van der Waals surface area contributed by atoms with Gasteiger partial charge >= 0.3 is 0 Å².